The summed E-state index contributed by atoms with van der Waals surface area (Å²) in [5.41, 5.74) is 0.813. The number of methoxy groups -OCH3 is 2. The van der Waals surface area contributed by atoms with Gasteiger partial charge in [0, 0.05) is 5.56 Å². The topological polar surface area (TPSA) is 66.6 Å². The summed E-state index contributed by atoms with van der Waals surface area (Å²) in [6, 6.07) is 12.9. The van der Waals surface area contributed by atoms with Crippen molar-refractivity contribution < 1.29 is 18.6 Å². The third kappa shape index (κ3) is 3.51. The highest BCUT2D eigenvalue weighted by Gasteiger charge is 2.13. The van der Waals surface area contributed by atoms with Crippen LogP contribution >= 0.6 is 15.9 Å². The zero-order valence-corrected chi connectivity index (χ0v) is 14.7. The van der Waals surface area contributed by atoms with Gasteiger partial charge in [0.15, 0.2) is 18.1 Å². The first-order valence-electron chi connectivity index (χ1n) is 7.13. The second kappa shape index (κ2) is 7.35. The van der Waals surface area contributed by atoms with Crippen molar-refractivity contribution >= 4 is 15.9 Å². The summed E-state index contributed by atoms with van der Waals surface area (Å²) in [7, 11) is 3.20. The average molecular weight is 391 g/mol. The van der Waals surface area contributed by atoms with Gasteiger partial charge in [-0.2, -0.15) is 0 Å². The summed E-state index contributed by atoms with van der Waals surface area (Å²) in [5, 5.41) is 8.05. The third-order valence-electron chi connectivity index (χ3n) is 3.29. The van der Waals surface area contributed by atoms with Crippen LogP contribution in [0.4, 0.5) is 0 Å². The molecule has 0 saturated carbocycles. The fourth-order valence-corrected chi connectivity index (χ4v) is 2.55. The summed E-state index contributed by atoms with van der Waals surface area (Å²) >= 11 is 3.43. The van der Waals surface area contributed by atoms with Crippen LogP contribution in [0.15, 0.2) is 51.4 Å². The maximum atomic E-state index is 5.74. The van der Waals surface area contributed by atoms with Crippen LogP contribution in [-0.4, -0.2) is 24.4 Å². The zero-order chi connectivity index (χ0) is 16.9. The van der Waals surface area contributed by atoms with E-state index in [1.54, 1.807) is 14.2 Å². The summed E-state index contributed by atoms with van der Waals surface area (Å²) in [4.78, 5) is 0. The van der Waals surface area contributed by atoms with Crippen molar-refractivity contribution in [2.45, 2.75) is 6.61 Å². The molecule has 24 heavy (non-hydrogen) atoms. The number of aromatic nitrogens is 2. The minimum atomic E-state index is 0.141. The predicted molar refractivity (Wildman–Crippen MR) is 91.3 cm³/mol. The Kier molecular flexibility index (Phi) is 5.00. The molecule has 124 valence electrons. The highest BCUT2D eigenvalue weighted by molar-refractivity contribution is 9.10. The zero-order valence-electron chi connectivity index (χ0n) is 13.2. The highest BCUT2D eigenvalue weighted by Crippen LogP contribution is 2.35. The van der Waals surface area contributed by atoms with Gasteiger partial charge in [-0.05, 0) is 52.3 Å². The van der Waals surface area contributed by atoms with E-state index < -0.39 is 0 Å². The van der Waals surface area contributed by atoms with Crippen molar-refractivity contribution in [3.8, 4) is 28.7 Å². The molecule has 0 saturated heterocycles. The first kappa shape index (κ1) is 16.3. The number of hydrogen-bond donors (Lipinski definition) is 0. The lowest BCUT2D eigenvalue weighted by molar-refractivity contribution is 0.249. The van der Waals surface area contributed by atoms with E-state index in [0.29, 0.717) is 23.3 Å². The number of halogens is 1. The lowest BCUT2D eigenvalue weighted by Gasteiger charge is -2.10. The van der Waals surface area contributed by atoms with E-state index in [9.17, 15) is 0 Å². The minimum absolute atomic E-state index is 0.141. The van der Waals surface area contributed by atoms with Crippen LogP contribution in [0.1, 0.15) is 5.89 Å². The first-order chi connectivity index (χ1) is 11.7. The normalized spacial score (nSPS) is 10.5. The Hall–Kier alpha value is -2.54. The van der Waals surface area contributed by atoms with Gasteiger partial charge in [0.25, 0.3) is 5.89 Å². The van der Waals surface area contributed by atoms with E-state index >= 15 is 0 Å². The molecular weight excluding hydrogens is 376 g/mol. The Bertz CT molecular complexity index is 818. The molecular formula is C17H15BrN2O4. The van der Waals surface area contributed by atoms with Crippen molar-refractivity contribution in [2.75, 3.05) is 14.2 Å². The van der Waals surface area contributed by atoms with Crippen molar-refractivity contribution in [3.63, 3.8) is 0 Å². The van der Waals surface area contributed by atoms with Crippen LogP contribution in [0, 0.1) is 0 Å². The smallest absolute Gasteiger partial charge is 0.254 e. The van der Waals surface area contributed by atoms with E-state index in [1.807, 2.05) is 42.5 Å². The maximum absolute atomic E-state index is 5.74. The fourth-order valence-electron chi connectivity index (χ4n) is 2.09. The number of hydrogen-bond acceptors (Lipinski definition) is 6. The van der Waals surface area contributed by atoms with Gasteiger partial charge in [0.1, 0.15) is 5.75 Å². The molecule has 6 nitrogen and oxygen atoms in total. The molecule has 0 atom stereocenters. The second-order valence-electron chi connectivity index (χ2n) is 4.79. The van der Waals surface area contributed by atoms with Gasteiger partial charge in [-0.1, -0.05) is 6.07 Å². The van der Waals surface area contributed by atoms with Crippen LogP contribution in [0.3, 0.4) is 0 Å². The molecule has 0 bridgehead atoms. The molecule has 0 aliphatic carbocycles. The van der Waals surface area contributed by atoms with Crippen molar-refractivity contribution in [3.05, 3.63) is 52.8 Å². The second-order valence-corrected chi connectivity index (χ2v) is 5.64. The molecule has 0 aliphatic heterocycles. The van der Waals surface area contributed by atoms with E-state index in [0.717, 1.165) is 15.8 Å². The van der Waals surface area contributed by atoms with Gasteiger partial charge >= 0.3 is 0 Å². The number of rotatable bonds is 6. The molecule has 0 amide bonds. The Labute approximate surface area is 147 Å². The van der Waals surface area contributed by atoms with Crippen LogP contribution in [0.25, 0.3) is 11.5 Å². The van der Waals surface area contributed by atoms with Crippen LogP contribution in [0.5, 0.6) is 17.2 Å². The SMILES string of the molecule is COc1ccc(-c2nnc(COc3c(Br)cccc3OC)o2)cc1. The van der Waals surface area contributed by atoms with E-state index in [2.05, 4.69) is 26.1 Å². The van der Waals surface area contributed by atoms with Gasteiger partial charge in [-0.3, -0.25) is 0 Å². The lowest BCUT2D eigenvalue weighted by atomic mass is 10.2. The first-order valence-corrected chi connectivity index (χ1v) is 7.92. The van der Waals surface area contributed by atoms with E-state index in [1.165, 1.54) is 0 Å². The Morgan fingerprint density at radius 2 is 1.79 bits per heavy atom. The molecule has 0 N–H and O–H groups in total. The molecule has 2 aromatic carbocycles. The molecule has 0 unspecified atom stereocenters. The largest absolute Gasteiger partial charge is 0.497 e. The molecule has 0 radical (unpaired) electrons. The molecule has 0 spiro atoms. The van der Waals surface area contributed by atoms with Crippen LogP contribution in [-0.2, 0) is 6.61 Å². The molecule has 0 aliphatic rings. The quantitative estimate of drug-likeness (QED) is 0.631. The predicted octanol–water partition coefficient (Wildman–Crippen LogP) is 4.10. The van der Waals surface area contributed by atoms with Crippen molar-refractivity contribution in [1.29, 1.82) is 0 Å². The van der Waals surface area contributed by atoms with Crippen LogP contribution in [0.2, 0.25) is 0 Å². The van der Waals surface area contributed by atoms with Crippen molar-refractivity contribution in [1.82, 2.24) is 10.2 Å². The van der Waals surface area contributed by atoms with Crippen LogP contribution < -0.4 is 14.2 Å². The molecule has 0 fully saturated rings. The van der Waals surface area contributed by atoms with Gasteiger partial charge < -0.3 is 18.6 Å². The lowest BCUT2D eigenvalue weighted by Crippen LogP contribution is -1.98. The average Bonchev–Trinajstić information content (AvgIpc) is 3.09. The number of benzene rings is 2. The summed E-state index contributed by atoms with van der Waals surface area (Å²) < 4.78 is 22.6. The molecule has 1 heterocycles. The number of ether oxygens (including phenoxy) is 3. The van der Waals surface area contributed by atoms with Gasteiger partial charge in [-0.25, -0.2) is 0 Å². The Morgan fingerprint density at radius 1 is 1.00 bits per heavy atom. The molecule has 3 aromatic rings. The number of nitrogens with zero attached hydrogens (tertiary/aromatic N) is 2. The van der Waals surface area contributed by atoms with Gasteiger partial charge in [0.05, 0.1) is 18.7 Å². The highest BCUT2D eigenvalue weighted by atomic mass is 79.9. The standard InChI is InChI=1S/C17H15BrN2O4/c1-21-12-8-6-11(7-9-12)17-20-19-15(24-17)10-23-16-13(18)4-3-5-14(16)22-2/h3-9H,10H2,1-2H3. The third-order valence-corrected chi connectivity index (χ3v) is 3.92. The van der Waals surface area contributed by atoms with E-state index in [4.69, 9.17) is 18.6 Å². The summed E-state index contributed by atoms with van der Waals surface area (Å²) in [5.74, 6) is 2.78. The number of para-hydroxylation sites is 1. The minimum Gasteiger partial charge on any atom is -0.497 e. The summed E-state index contributed by atoms with van der Waals surface area (Å²) in [6.45, 7) is 0.141. The fraction of sp³-hybridized carbons (Fsp3) is 0.176. The monoisotopic (exact) mass is 390 g/mol. The Morgan fingerprint density at radius 3 is 2.50 bits per heavy atom. The van der Waals surface area contributed by atoms with Gasteiger partial charge in [-0.15, -0.1) is 10.2 Å². The van der Waals surface area contributed by atoms with Crippen molar-refractivity contribution in [2.24, 2.45) is 0 Å². The Balaban J connectivity index is 1.72. The summed E-state index contributed by atoms with van der Waals surface area (Å²) in [6.07, 6.45) is 0. The molecule has 3 rings (SSSR count). The molecule has 1 aromatic heterocycles. The van der Waals surface area contributed by atoms with E-state index in [-0.39, 0.29) is 6.61 Å². The van der Waals surface area contributed by atoms with Gasteiger partial charge in [0.2, 0.25) is 5.89 Å². The maximum Gasteiger partial charge on any atom is 0.254 e. The molecule has 7 heteroatoms.